The molecule has 5 heteroatoms. The third kappa shape index (κ3) is 2.86. The average Bonchev–Trinajstić information content (AvgIpc) is 2.85. The Hall–Kier alpha value is -2.04. The van der Waals surface area contributed by atoms with E-state index in [0.29, 0.717) is 23.2 Å². The van der Waals surface area contributed by atoms with Crippen molar-refractivity contribution >= 4 is 17.2 Å². The van der Waals surface area contributed by atoms with Gasteiger partial charge in [0.2, 0.25) is 5.88 Å². The number of fused-ring (bicyclic) bond motifs is 1. The van der Waals surface area contributed by atoms with Gasteiger partial charge in [-0.25, -0.2) is 0 Å². The zero-order valence-corrected chi connectivity index (χ0v) is 12.5. The summed E-state index contributed by atoms with van der Waals surface area (Å²) in [5.74, 6) is 1.19. The van der Waals surface area contributed by atoms with Gasteiger partial charge in [-0.15, -0.1) is 0 Å². The van der Waals surface area contributed by atoms with Gasteiger partial charge in [-0.3, -0.25) is 4.40 Å². The van der Waals surface area contributed by atoms with Crippen molar-refractivity contribution in [2.24, 2.45) is 0 Å². The molecule has 0 amide bonds. The quantitative estimate of drug-likeness (QED) is 0.777. The smallest absolute Gasteiger partial charge is 0.242 e. The van der Waals surface area contributed by atoms with Gasteiger partial charge >= 0.3 is 0 Å². The van der Waals surface area contributed by atoms with E-state index in [1.807, 2.05) is 47.0 Å². The van der Waals surface area contributed by atoms with Gasteiger partial charge in [0.05, 0.1) is 5.02 Å². The van der Waals surface area contributed by atoms with E-state index in [1.165, 1.54) is 0 Å². The topological polar surface area (TPSA) is 38.6 Å². The van der Waals surface area contributed by atoms with Crippen molar-refractivity contribution < 1.29 is 4.74 Å². The molecule has 0 spiro atoms. The molecule has 0 fully saturated rings. The molecular weight excluding hydrogens is 286 g/mol. The number of pyridine rings is 1. The maximum atomic E-state index is 6.15. The van der Waals surface area contributed by atoms with Crippen LogP contribution in [0.2, 0.25) is 5.02 Å². The Morgan fingerprint density at radius 2 is 2.00 bits per heavy atom. The minimum atomic E-state index is 0.573. The summed E-state index contributed by atoms with van der Waals surface area (Å²) < 4.78 is 7.94. The molecule has 3 aromatic rings. The molecule has 4 nitrogen and oxygen atoms in total. The highest BCUT2D eigenvalue weighted by Gasteiger charge is 2.14. The number of hydrogen-bond donors (Lipinski definition) is 1. The highest BCUT2D eigenvalue weighted by Crippen LogP contribution is 2.30. The van der Waals surface area contributed by atoms with Crippen molar-refractivity contribution in [2.45, 2.75) is 13.5 Å². The predicted octanol–water partition coefficient (Wildman–Crippen LogP) is 3.89. The van der Waals surface area contributed by atoms with Gasteiger partial charge in [0.1, 0.15) is 17.1 Å². The molecule has 0 aliphatic heterocycles. The first-order chi connectivity index (χ1) is 10.3. The molecule has 2 heterocycles. The van der Waals surface area contributed by atoms with Crippen molar-refractivity contribution in [3.63, 3.8) is 0 Å². The summed E-state index contributed by atoms with van der Waals surface area (Å²) in [5, 5.41) is 3.88. The summed E-state index contributed by atoms with van der Waals surface area (Å²) in [5.41, 5.74) is 1.83. The number of para-hydroxylation sites is 1. The minimum absolute atomic E-state index is 0.573. The van der Waals surface area contributed by atoms with Gasteiger partial charge < -0.3 is 10.1 Å². The van der Waals surface area contributed by atoms with Crippen LogP contribution in [0.1, 0.15) is 12.6 Å². The molecule has 1 aromatic carbocycles. The van der Waals surface area contributed by atoms with Crippen LogP contribution in [0.5, 0.6) is 11.6 Å². The van der Waals surface area contributed by atoms with Crippen molar-refractivity contribution in [1.82, 2.24) is 14.7 Å². The molecule has 0 saturated carbocycles. The Balaban J connectivity index is 2.02. The Bertz CT molecular complexity index is 754. The van der Waals surface area contributed by atoms with E-state index in [9.17, 15) is 0 Å². The molecule has 2 aromatic heterocycles. The van der Waals surface area contributed by atoms with Crippen molar-refractivity contribution in [3.05, 3.63) is 59.4 Å². The molecule has 1 N–H and O–H groups in total. The SMILES string of the molecule is CCNCc1c(Oc2ccccc2Cl)nc2ccccn12. The fourth-order valence-electron chi connectivity index (χ4n) is 2.14. The van der Waals surface area contributed by atoms with Crippen LogP contribution in [0.4, 0.5) is 0 Å². The van der Waals surface area contributed by atoms with Crippen LogP contribution in [0.25, 0.3) is 5.65 Å². The molecule has 108 valence electrons. The lowest BCUT2D eigenvalue weighted by Crippen LogP contribution is -2.14. The maximum absolute atomic E-state index is 6.15. The number of hydrogen-bond acceptors (Lipinski definition) is 3. The Morgan fingerprint density at radius 3 is 2.81 bits per heavy atom. The Labute approximate surface area is 128 Å². The van der Waals surface area contributed by atoms with Crippen LogP contribution < -0.4 is 10.1 Å². The lowest BCUT2D eigenvalue weighted by atomic mass is 10.3. The zero-order valence-electron chi connectivity index (χ0n) is 11.7. The molecule has 0 unspecified atom stereocenters. The Kier molecular flexibility index (Phi) is 4.08. The number of halogens is 1. The van der Waals surface area contributed by atoms with E-state index in [4.69, 9.17) is 16.3 Å². The average molecular weight is 302 g/mol. The molecule has 3 rings (SSSR count). The van der Waals surface area contributed by atoms with E-state index >= 15 is 0 Å². The Morgan fingerprint density at radius 1 is 1.19 bits per heavy atom. The van der Waals surface area contributed by atoms with Gasteiger partial charge in [0, 0.05) is 12.7 Å². The van der Waals surface area contributed by atoms with Crippen LogP contribution in [0, 0.1) is 0 Å². The molecule has 0 bridgehead atoms. The van der Waals surface area contributed by atoms with Crippen LogP contribution >= 0.6 is 11.6 Å². The van der Waals surface area contributed by atoms with Gasteiger partial charge in [-0.05, 0) is 30.8 Å². The van der Waals surface area contributed by atoms with Gasteiger partial charge in [0.25, 0.3) is 0 Å². The van der Waals surface area contributed by atoms with E-state index in [-0.39, 0.29) is 0 Å². The lowest BCUT2D eigenvalue weighted by Gasteiger charge is -2.08. The molecule has 0 atom stereocenters. The van der Waals surface area contributed by atoms with Crippen molar-refractivity contribution in [3.8, 4) is 11.6 Å². The normalized spacial score (nSPS) is 11.0. The summed E-state index contributed by atoms with van der Waals surface area (Å²) >= 11 is 6.15. The maximum Gasteiger partial charge on any atom is 0.242 e. The first-order valence-corrected chi connectivity index (χ1v) is 7.26. The highest BCUT2D eigenvalue weighted by molar-refractivity contribution is 6.32. The number of ether oxygens (including phenoxy) is 1. The molecule has 0 saturated heterocycles. The van der Waals surface area contributed by atoms with Crippen molar-refractivity contribution in [2.75, 3.05) is 6.54 Å². The second-order valence-corrected chi connectivity index (χ2v) is 5.01. The third-order valence-electron chi connectivity index (χ3n) is 3.18. The summed E-state index contributed by atoms with van der Waals surface area (Å²) in [7, 11) is 0. The monoisotopic (exact) mass is 301 g/mol. The van der Waals surface area contributed by atoms with E-state index in [2.05, 4.69) is 17.2 Å². The molecular formula is C16H16ClN3O. The summed E-state index contributed by atoms with van der Waals surface area (Å²) in [6.07, 6.45) is 1.98. The fourth-order valence-corrected chi connectivity index (χ4v) is 2.32. The largest absolute Gasteiger partial charge is 0.436 e. The van der Waals surface area contributed by atoms with Crippen molar-refractivity contribution in [1.29, 1.82) is 0 Å². The zero-order chi connectivity index (χ0) is 14.7. The number of nitrogens with zero attached hydrogens (tertiary/aromatic N) is 2. The van der Waals surface area contributed by atoms with Crippen LogP contribution in [0.15, 0.2) is 48.7 Å². The first kappa shape index (κ1) is 13.9. The van der Waals surface area contributed by atoms with E-state index in [1.54, 1.807) is 6.07 Å². The molecule has 0 aliphatic carbocycles. The third-order valence-corrected chi connectivity index (χ3v) is 3.49. The second-order valence-electron chi connectivity index (χ2n) is 4.61. The minimum Gasteiger partial charge on any atom is -0.436 e. The van der Waals surface area contributed by atoms with E-state index in [0.717, 1.165) is 17.9 Å². The predicted molar refractivity (Wildman–Crippen MR) is 84.1 cm³/mol. The van der Waals surface area contributed by atoms with Gasteiger partial charge in [0.15, 0.2) is 0 Å². The number of imidazole rings is 1. The summed E-state index contributed by atoms with van der Waals surface area (Å²) in [6, 6.07) is 13.3. The highest BCUT2D eigenvalue weighted by atomic mass is 35.5. The van der Waals surface area contributed by atoms with Crippen LogP contribution in [-0.4, -0.2) is 15.9 Å². The molecule has 21 heavy (non-hydrogen) atoms. The number of benzene rings is 1. The van der Waals surface area contributed by atoms with Crippen LogP contribution in [-0.2, 0) is 6.54 Å². The standard InChI is InChI=1S/C16H16ClN3O/c1-2-18-11-13-16(19-15-9-5-6-10-20(13)15)21-14-8-4-3-7-12(14)17/h3-10,18H,2,11H2,1H3. The van der Waals surface area contributed by atoms with Crippen LogP contribution in [0.3, 0.4) is 0 Å². The van der Waals surface area contributed by atoms with E-state index < -0.39 is 0 Å². The van der Waals surface area contributed by atoms with Gasteiger partial charge in [-0.1, -0.05) is 36.7 Å². The number of aromatic nitrogens is 2. The summed E-state index contributed by atoms with van der Waals surface area (Å²) in [6.45, 7) is 3.63. The summed E-state index contributed by atoms with van der Waals surface area (Å²) in [4.78, 5) is 4.54. The fraction of sp³-hybridized carbons (Fsp3) is 0.188. The molecule has 0 radical (unpaired) electrons. The van der Waals surface area contributed by atoms with Gasteiger partial charge in [-0.2, -0.15) is 4.98 Å². The second kappa shape index (κ2) is 6.16. The molecule has 0 aliphatic rings. The first-order valence-electron chi connectivity index (χ1n) is 6.88. The number of rotatable bonds is 5. The lowest BCUT2D eigenvalue weighted by molar-refractivity contribution is 0.456. The number of nitrogens with one attached hydrogen (secondary N) is 1.